The van der Waals surface area contributed by atoms with Gasteiger partial charge in [0.2, 0.25) is 0 Å². The Kier molecular flexibility index (Phi) is 12.6. The number of carboxylic acids is 1. The maximum Gasteiger partial charge on any atom is 0.394 e. The van der Waals surface area contributed by atoms with Gasteiger partial charge in [0.1, 0.15) is 11.6 Å². The van der Waals surface area contributed by atoms with Crippen molar-refractivity contribution < 1.29 is 36.2 Å². The van der Waals surface area contributed by atoms with Crippen molar-refractivity contribution in [2.24, 2.45) is 0 Å². The van der Waals surface area contributed by atoms with Crippen LogP contribution in [0, 0.1) is 23.0 Å². The highest BCUT2D eigenvalue weighted by Crippen LogP contribution is 2.29. The van der Waals surface area contributed by atoms with Crippen LogP contribution in [0.2, 0.25) is 10.0 Å². The Morgan fingerprint density at radius 3 is 1.73 bits per heavy atom. The smallest absolute Gasteiger partial charge is 0.394 e. The van der Waals surface area contributed by atoms with Crippen LogP contribution in [-0.4, -0.2) is 28.6 Å². The zero-order chi connectivity index (χ0) is 23.6. The standard InChI is InChI=1S/C8H4BrClFN.C8H5BrClFO2.H2O4S/c9-6-1-2-7(11)5(3-4-12)8(6)10;9-5-1-2-6(11)4(8(5)10)3-7(12)13;1-5(2,3)4/h1-2H,3H2;1-2H,3H2,(H,12,13);(H2,1,2,3,4). The predicted octanol–water partition coefficient (Wildman–Crippen LogP) is 5.52. The average molecular weight is 614 g/mol. The molecule has 0 spiro atoms. The lowest BCUT2D eigenvalue weighted by atomic mass is 10.1. The van der Waals surface area contributed by atoms with E-state index in [2.05, 4.69) is 31.9 Å². The van der Waals surface area contributed by atoms with Crippen molar-refractivity contribution in [1.82, 2.24) is 0 Å². The molecule has 14 heteroatoms. The van der Waals surface area contributed by atoms with E-state index in [1.165, 1.54) is 24.3 Å². The molecular weight excluding hydrogens is 603 g/mol. The first-order valence-corrected chi connectivity index (χ1v) is 11.0. The fraction of sp³-hybridized carbons (Fsp3) is 0.125. The van der Waals surface area contributed by atoms with Crippen molar-refractivity contribution in [3.63, 3.8) is 0 Å². The van der Waals surface area contributed by atoms with Crippen molar-refractivity contribution in [1.29, 1.82) is 5.26 Å². The van der Waals surface area contributed by atoms with Gasteiger partial charge in [0.05, 0.1) is 29.0 Å². The summed E-state index contributed by atoms with van der Waals surface area (Å²) in [4.78, 5) is 10.3. The van der Waals surface area contributed by atoms with Gasteiger partial charge >= 0.3 is 16.4 Å². The lowest BCUT2D eigenvalue weighted by molar-refractivity contribution is -0.136. The zero-order valence-electron chi connectivity index (χ0n) is 14.4. The third-order valence-electron chi connectivity index (χ3n) is 2.86. The zero-order valence-corrected chi connectivity index (χ0v) is 19.9. The molecule has 0 atom stereocenters. The monoisotopic (exact) mass is 611 g/mol. The van der Waals surface area contributed by atoms with Gasteiger partial charge in [0.15, 0.2) is 0 Å². The summed E-state index contributed by atoms with van der Waals surface area (Å²) in [7, 11) is -4.67. The first-order chi connectivity index (χ1) is 13.7. The highest BCUT2D eigenvalue weighted by Gasteiger charge is 2.13. The third kappa shape index (κ3) is 11.2. The molecule has 0 aliphatic rings. The van der Waals surface area contributed by atoms with Gasteiger partial charge in [-0.3, -0.25) is 13.9 Å². The summed E-state index contributed by atoms with van der Waals surface area (Å²) in [5.74, 6) is -2.15. The van der Waals surface area contributed by atoms with Gasteiger partial charge in [0, 0.05) is 20.1 Å². The number of aliphatic carboxylic acids is 1. The van der Waals surface area contributed by atoms with Crippen LogP contribution in [0.4, 0.5) is 8.78 Å². The molecule has 0 bridgehead atoms. The van der Waals surface area contributed by atoms with Gasteiger partial charge in [-0.1, -0.05) is 23.2 Å². The quantitative estimate of drug-likeness (QED) is 0.306. The lowest BCUT2D eigenvalue weighted by Crippen LogP contribution is -2.03. The first kappa shape index (κ1) is 28.7. The van der Waals surface area contributed by atoms with Crippen molar-refractivity contribution in [3.8, 4) is 6.07 Å². The number of nitriles is 1. The van der Waals surface area contributed by atoms with Crippen LogP contribution in [0.1, 0.15) is 11.1 Å². The van der Waals surface area contributed by atoms with Crippen LogP contribution in [-0.2, 0) is 28.0 Å². The van der Waals surface area contributed by atoms with Crippen LogP contribution in [0.3, 0.4) is 0 Å². The summed E-state index contributed by atoms with van der Waals surface area (Å²) >= 11 is 17.7. The Balaban J connectivity index is 0.000000461. The molecule has 0 unspecified atom stereocenters. The third-order valence-corrected chi connectivity index (χ3v) is 5.50. The Morgan fingerprint density at radius 2 is 1.37 bits per heavy atom. The molecule has 2 rings (SSSR count). The van der Waals surface area contributed by atoms with Crippen LogP contribution in [0.25, 0.3) is 0 Å². The largest absolute Gasteiger partial charge is 0.481 e. The number of rotatable bonds is 3. The Morgan fingerprint density at radius 1 is 1.00 bits per heavy atom. The molecule has 2 aromatic rings. The summed E-state index contributed by atoms with van der Waals surface area (Å²) in [6, 6.07) is 7.25. The summed E-state index contributed by atoms with van der Waals surface area (Å²) in [5.41, 5.74) is 0.247. The maximum atomic E-state index is 13.0. The van der Waals surface area contributed by atoms with E-state index >= 15 is 0 Å². The molecule has 0 saturated carbocycles. The summed E-state index contributed by atoms with van der Waals surface area (Å²) in [5, 5.41) is 17.2. The van der Waals surface area contributed by atoms with Crippen molar-refractivity contribution >= 4 is 71.4 Å². The number of hydrogen-bond donors (Lipinski definition) is 3. The number of nitrogens with zero attached hydrogens (tertiary/aromatic N) is 1. The van der Waals surface area contributed by atoms with E-state index in [0.717, 1.165) is 0 Å². The maximum absolute atomic E-state index is 13.0. The second-order valence-corrected chi connectivity index (χ2v) is 8.36. The molecule has 7 nitrogen and oxygen atoms in total. The van der Waals surface area contributed by atoms with Crippen molar-refractivity contribution in [2.45, 2.75) is 12.8 Å². The second kappa shape index (κ2) is 13.2. The average Bonchev–Trinajstić information content (AvgIpc) is 2.61. The molecule has 0 aromatic heterocycles. The fourth-order valence-electron chi connectivity index (χ4n) is 1.69. The van der Waals surface area contributed by atoms with Crippen molar-refractivity contribution in [2.75, 3.05) is 0 Å². The van der Waals surface area contributed by atoms with Gasteiger partial charge < -0.3 is 5.11 Å². The number of benzene rings is 2. The van der Waals surface area contributed by atoms with E-state index in [1.54, 1.807) is 0 Å². The van der Waals surface area contributed by atoms with E-state index < -0.39 is 34.4 Å². The fourth-order valence-corrected chi connectivity index (χ4v) is 2.88. The van der Waals surface area contributed by atoms with Crippen molar-refractivity contribution in [3.05, 3.63) is 66.0 Å². The summed E-state index contributed by atoms with van der Waals surface area (Å²) < 4.78 is 58.7. The van der Waals surface area contributed by atoms with E-state index in [4.69, 9.17) is 51.1 Å². The Labute approximate surface area is 197 Å². The minimum absolute atomic E-state index is 0.00328. The molecule has 0 saturated heterocycles. The number of carbonyl (C=O) groups is 1. The number of hydrogen-bond acceptors (Lipinski definition) is 4. The van der Waals surface area contributed by atoms with Crippen LogP contribution in [0.15, 0.2) is 33.2 Å². The Bertz CT molecular complexity index is 1060. The van der Waals surface area contributed by atoms with Crippen LogP contribution < -0.4 is 0 Å². The molecular formula is C16H11Br2Cl2F2NO6S. The van der Waals surface area contributed by atoms with E-state index in [1.807, 2.05) is 6.07 Å². The van der Waals surface area contributed by atoms with Gasteiger partial charge in [0.25, 0.3) is 0 Å². The molecule has 0 fully saturated rings. The van der Waals surface area contributed by atoms with Gasteiger partial charge in [-0.25, -0.2) is 8.78 Å². The van der Waals surface area contributed by atoms with Gasteiger partial charge in [-0.05, 0) is 56.1 Å². The SMILES string of the molecule is N#CCc1c(F)ccc(Br)c1Cl.O=C(O)Cc1c(F)ccc(Br)c1Cl.O=S(=O)(O)O. The second-order valence-electron chi connectivity index (χ2n) is 5.00. The highest BCUT2D eigenvalue weighted by atomic mass is 79.9. The molecule has 0 aliphatic heterocycles. The van der Waals surface area contributed by atoms with Crippen LogP contribution in [0.5, 0.6) is 0 Å². The summed E-state index contributed by atoms with van der Waals surface area (Å²) in [6.45, 7) is 0. The number of carboxylic acid groups (broad SMARTS) is 1. The van der Waals surface area contributed by atoms with E-state index in [0.29, 0.717) is 8.95 Å². The molecule has 30 heavy (non-hydrogen) atoms. The predicted molar refractivity (Wildman–Crippen MR) is 113 cm³/mol. The summed E-state index contributed by atoms with van der Waals surface area (Å²) in [6.07, 6.45) is -0.422. The molecule has 0 aliphatic carbocycles. The lowest BCUT2D eigenvalue weighted by Gasteiger charge is -2.04. The van der Waals surface area contributed by atoms with Gasteiger partial charge in [-0.15, -0.1) is 0 Å². The molecule has 2 aromatic carbocycles. The minimum Gasteiger partial charge on any atom is -0.481 e. The topological polar surface area (TPSA) is 136 Å². The minimum atomic E-state index is -4.67. The molecule has 3 N–H and O–H groups in total. The van der Waals surface area contributed by atoms with Gasteiger partial charge in [-0.2, -0.15) is 13.7 Å². The molecule has 164 valence electrons. The normalized spacial score (nSPS) is 10.1. The molecule has 0 radical (unpaired) electrons. The first-order valence-electron chi connectivity index (χ1n) is 7.22. The highest BCUT2D eigenvalue weighted by molar-refractivity contribution is 9.10. The van der Waals surface area contributed by atoms with E-state index in [9.17, 15) is 13.6 Å². The Hall–Kier alpha value is -1.33. The number of halogens is 6. The molecule has 0 heterocycles. The van der Waals surface area contributed by atoms with Crippen LogP contribution >= 0.6 is 55.1 Å². The van der Waals surface area contributed by atoms with E-state index in [-0.39, 0.29) is 27.6 Å². The molecule has 0 amide bonds.